The summed E-state index contributed by atoms with van der Waals surface area (Å²) in [4.78, 5) is 6.59. The number of nitrogens with zero attached hydrogens (tertiary/aromatic N) is 3. The minimum atomic E-state index is -0.156. The van der Waals surface area contributed by atoms with E-state index in [1.165, 1.54) is 42.1 Å². The maximum Gasteiger partial charge on any atom is 0.132 e. The Bertz CT molecular complexity index is 2030. The van der Waals surface area contributed by atoms with Crippen molar-refractivity contribution in [3.8, 4) is 41.8 Å². The molecule has 0 aliphatic carbocycles. The van der Waals surface area contributed by atoms with Gasteiger partial charge >= 0.3 is 0 Å². The molecule has 0 unspecified atom stereocenters. The standard InChI is InChI=1S/C35H30FN3S4/c1-20(2)5-6-21-7-12-24(27(36)17-21)28-15-16-29(40-28)25-13-14-26(35-34(25)37-43-38-35)31-19-33-32(42-31)18-30(41-33)22-8-10-23(11-9-22)39(3)4/h7-20H,5-6H2,1-4H3. The topological polar surface area (TPSA) is 29.0 Å². The molecule has 0 N–H and O–H groups in total. The number of rotatable bonds is 8. The largest absolute Gasteiger partial charge is 0.378 e. The van der Waals surface area contributed by atoms with Crippen molar-refractivity contribution in [1.82, 2.24) is 8.75 Å². The number of hydrogen-bond donors (Lipinski definition) is 0. The number of thiophene rings is 3. The molecule has 7 rings (SSSR count). The summed E-state index contributed by atoms with van der Waals surface area (Å²) in [6.07, 6.45) is 1.96. The van der Waals surface area contributed by atoms with E-state index in [1.807, 2.05) is 23.5 Å². The second kappa shape index (κ2) is 11.6. The van der Waals surface area contributed by atoms with Crippen LogP contribution in [0, 0.1) is 11.7 Å². The van der Waals surface area contributed by atoms with E-state index in [1.54, 1.807) is 28.7 Å². The molecular weight excluding hydrogens is 610 g/mol. The van der Waals surface area contributed by atoms with Crippen LogP contribution in [-0.4, -0.2) is 22.8 Å². The second-order valence-electron chi connectivity index (χ2n) is 11.4. The zero-order chi connectivity index (χ0) is 29.7. The van der Waals surface area contributed by atoms with E-state index in [0.717, 1.165) is 50.3 Å². The van der Waals surface area contributed by atoms with Crippen molar-refractivity contribution in [2.75, 3.05) is 19.0 Å². The van der Waals surface area contributed by atoms with Gasteiger partial charge in [-0.2, -0.15) is 8.75 Å². The van der Waals surface area contributed by atoms with Crippen LogP contribution in [-0.2, 0) is 6.42 Å². The van der Waals surface area contributed by atoms with Gasteiger partial charge in [-0.05, 0) is 72.4 Å². The van der Waals surface area contributed by atoms with E-state index in [2.05, 4.69) is 93.5 Å². The van der Waals surface area contributed by atoms with Crippen LogP contribution in [0.1, 0.15) is 25.8 Å². The number of aryl methyl sites for hydroxylation is 1. The summed E-state index contributed by atoms with van der Waals surface area (Å²) in [5.41, 5.74) is 8.13. The molecule has 216 valence electrons. The molecule has 0 saturated carbocycles. The van der Waals surface area contributed by atoms with E-state index in [-0.39, 0.29) is 5.82 Å². The third kappa shape index (κ3) is 5.53. The molecule has 7 aromatic rings. The Kier molecular flexibility index (Phi) is 7.63. The van der Waals surface area contributed by atoms with Crippen molar-refractivity contribution in [3.05, 3.63) is 90.2 Å². The van der Waals surface area contributed by atoms with E-state index in [9.17, 15) is 0 Å². The van der Waals surface area contributed by atoms with Crippen LogP contribution in [0.5, 0.6) is 0 Å². The van der Waals surface area contributed by atoms with Crippen molar-refractivity contribution in [2.45, 2.75) is 26.7 Å². The highest BCUT2D eigenvalue weighted by atomic mass is 32.1. The first-order valence-corrected chi connectivity index (χ1v) is 17.5. The smallest absolute Gasteiger partial charge is 0.132 e. The van der Waals surface area contributed by atoms with Gasteiger partial charge in [-0.25, -0.2) is 4.39 Å². The zero-order valence-electron chi connectivity index (χ0n) is 24.3. The lowest BCUT2D eigenvalue weighted by atomic mass is 10.0. The fourth-order valence-corrected chi connectivity index (χ4v) is 9.36. The lowest BCUT2D eigenvalue weighted by Gasteiger charge is -2.12. The minimum absolute atomic E-state index is 0.156. The molecule has 0 aliphatic rings. The first-order valence-electron chi connectivity index (χ1n) is 14.3. The van der Waals surface area contributed by atoms with Crippen molar-refractivity contribution < 1.29 is 4.39 Å². The molecule has 8 heteroatoms. The van der Waals surface area contributed by atoms with Gasteiger partial charge < -0.3 is 4.90 Å². The van der Waals surface area contributed by atoms with Gasteiger partial charge in [0.2, 0.25) is 0 Å². The number of hydrogen-bond acceptors (Lipinski definition) is 7. The molecule has 3 aromatic carbocycles. The van der Waals surface area contributed by atoms with Crippen LogP contribution >= 0.6 is 45.7 Å². The maximum atomic E-state index is 15.1. The van der Waals surface area contributed by atoms with Gasteiger partial charge in [-0.3, -0.25) is 0 Å². The average Bonchev–Trinajstić information content (AvgIpc) is 3.80. The van der Waals surface area contributed by atoms with Gasteiger partial charge in [-0.1, -0.05) is 50.2 Å². The summed E-state index contributed by atoms with van der Waals surface area (Å²) in [6.45, 7) is 4.40. The van der Waals surface area contributed by atoms with Crippen LogP contribution in [0.4, 0.5) is 10.1 Å². The Morgan fingerprint density at radius 3 is 1.93 bits per heavy atom. The van der Waals surface area contributed by atoms with Crippen molar-refractivity contribution >= 4 is 71.9 Å². The molecule has 0 radical (unpaired) electrons. The minimum Gasteiger partial charge on any atom is -0.378 e. The Morgan fingerprint density at radius 2 is 1.28 bits per heavy atom. The Balaban J connectivity index is 1.17. The summed E-state index contributed by atoms with van der Waals surface area (Å²) in [5, 5.41) is 0. The molecule has 0 atom stereocenters. The fraction of sp³-hybridized carbons (Fsp3) is 0.200. The van der Waals surface area contributed by atoms with Crippen LogP contribution in [0.3, 0.4) is 0 Å². The lowest BCUT2D eigenvalue weighted by Crippen LogP contribution is -2.07. The molecule has 3 nitrogen and oxygen atoms in total. The Labute approximate surface area is 267 Å². The first-order chi connectivity index (χ1) is 20.8. The maximum absolute atomic E-state index is 15.1. The predicted octanol–water partition coefficient (Wildman–Crippen LogP) is 11.5. The first kappa shape index (κ1) is 28.3. The third-order valence-corrected chi connectivity index (χ3v) is 11.8. The number of fused-ring (bicyclic) bond motifs is 2. The van der Waals surface area contributed by atoms with Gasteiger partial charge in [0.25, 0.3) is 0 Å². The molecule has 0 saturated heterocycles. The Morgan fingerprint density at radius 1 is 0.674 bits per heavy atom. The molecular formula is C35H30FN3S4. The molecule has 4 heterocycles. The monoisotopic (exact) mass is 639 g/mol. The van der Waals surface area contributed by atoms with E-state index in [4.69, 9.17) is 8.75 Å². The molecule has 4 aromatic heterocycles. The van der Waals surface area contributed by atoms with Crippen molar-refractivity contribution in [3.63, 3.8) is 0 Å². The molecule has 0 aliphatic heterocycles. The number of halogens is 1. The van der Waals surface area contributed by atoms with Gasteiger partial charge in [-0.15, -0.1) is 34.0 Å². The van der Waals surface area contributed by atoms with Gasteiger partial charge in [0.15, 0.2) is 0 Å². The average molecular weight is 640 g/mol. The molecule has 0 amide bonds. The highest BCUT2D eigenvalue weighted by molar-refractivity contribution is 7.31. The normalized spacial score (nSPS) is 11.8. The number of benzene rings is 3. The fourth-order valence-electron chi connectivity index (χ4n) is 5.30. The summed E-state index contributed by atoms with van der Waals surface area (Å²) < 4.78 is 27.1. The van der Waals surface area contributed by atoms with Gasteiger partial charge in [0.1, 0.15) is 16.9 Å². The van der Waals surface area contributed by atoms with Crippen LogP contribution in [0.15, 0.2) is 78.9 Å². The quantitative estimate of drug-likeness (QED) is 0.166. The van der Waals surface area contributed by atoms with Crippen molar-refractivity contribution in [2.24, 2.45) is 5.92 Å². The second-order valence-corrected chi connectivity index (χ2v) is 15.2. The summed E-state index contributed by atoms with van der Waals surface area (Å²) in [6, 6.07) is 27.4. The molecule has 43 heavy (non-hydrogen) atoms. The van der Waals surface area contributed by atoms with Crippen LogP contribution in [0.2, 0.25) is 0 Å². The van der Waals surface area contributed by atoms with E-state index >= 15 is 4.39 Å². The number of aromatic nitrogens is 2. The summed E-state index contributed by atoms with van der Waals surface area (Å²) in [5.74, 6) is 0.448. The Hall–Kier alpha value is -3.43. The highest BCUT2D eigenvalue weighted by Crippen LogP contribution is 2.45. The third-order valence-electron chi connectivity index (χ3n) is 7.74. The molecule has 0 spiro atoms. The van der Waals surface area contributed by atoms with Crippen molar-refractivity contribution in [1.29, 1.82) is 0 Å². The van der Waals surface area contributed by atoms with Gasteiger partial charge in [0, 0.05) is 65.4 Å². The predicted molar refractivity (Wildman–Crippen MR) is 188 cm³/mol. The van der Waals surface area contributed by atoms with Gasteiger partial charge in [0.05, 0.1) is 11.7 Å². The SMILES string of the molecule is CC(C)CCc1ccc(-c2ccc(-c3ccc(-c4cc5sc(-c6ccc(N(C)C)cc6)cc5s4)c4nsnc34)s2)c(F)c1. The van der Waals surface area contributed by atoms with Crippen LogP contribution < -0.4 is 4.90 Å². The summed E-state index contributed by atoms with van der Waals surface area (Å²) in [7, 11) is 4.12. The highest BCUT2D eigenvalue weighted by Gasteiger charge is 2.18. The zero-order valence-corrected chi connectivity index (χ0v) is 27.6. The van der Waals surface area contributed by atoms with E-state index in [0.29, 0.717) is 11.5 Å². The molecule has 0 fully saturated rings. The van der Waals surface area contributed by atoms with Crippen LogP contribution in [0.25, 0.3) is 62.2 Å². The molecule has 0 bridgehead atoms. The summed E-state index contributed by atoms with van der Waals surface area (Å²) >= 11 is 6.48. The van der Waals surface area contributed by atoms with E-state index < -0.39 is 0 Å². The number of anilines is 1. The lowest BCUT2D eigenvalue weighted by molar-refractivity contribution is 0.582.